The zero-order valence-electron chi connectivity index (χ0n) is 17.9. The Morgan fingerprint density at radius 1 is 0.808 bits per heavy atom. The predicted molar refractivity (Wildman–Crippen MR) is 113 cm³/mol. The van der Waals surface area contributed by atoms with Gasteiger partial charge in [-0.15, -0.1) is 0 Å². The van der Waals surface area contributed by atoms with Gasteiger partial charge in [0.15, 0.2) is 0 Å². The number of hydrogen-bond donors (Lipinski definition) is 2. The van der Waals surface area contributed by atoms with Crippen LogP contribution in [0.1, 0.15) is 109 Å². The van der Waals surface area contributed by atoms with Crippen LogP contribution in [0.25, 0.3) is 0 Å². The van der Waals surface area contributed by atoms with Gasteiger partial charge in [0, 0.05) is 19.4 Å². The van der Waals surface area contributed by atoms with Crippen molar-refractivity contribution >= 4 is 5.91 Å². The first-order valence-electron chi connectivity index (χ1n) is 11.7. The summed E-state index contributed by atoms with van der Waals surface area (Å²) in [4.78, 5) is 13.2. The van der Waals surface area contributed by atoms with E-state index in [2.05, 4.69) is 19.4 Å². The van der Waals surface area contributed by atoms with E-state index >= 15 is 0 Å². The summed E-state index contributed by atoms with van der Waals surface area (Å²) < 4.78 is 0. The van der Waals surface area contributed by atoms with Crippen molar-refractivity contribution in [2.24, 2.45) is 5.92 Å². The number of quaternary nitrogens is 1. The van der Waals surface area contributed by atoms with Crippen LogP contribution < -0.4 is 10.2 Å². The minimum Gasteiger partial charge on any atom is -0.356 e. The summed E-state index contributed by atoms with van der Waals surface area (Å²) in [5.41, 5.74) is 0. The standard InChI is InChI=1S/C23H46N2O/c1-25(2)21-15-20-24-23(26)19-12-10-8-6-4-3-5-7-9-11-16-22-17-13-14-18-22/h22H,3-21H2,1-2H3,(H,24,26)/p+1. The predicted octanol–water partition coefficient (Wildman–Crippen LogP) is 4.51. The van der Waals surface area contributed by atoms with E-state index in [0.29, 0.717) is 0 Å². The van der Waals surface area contributed by atoms with Gasteiger partial charge >= 0.3 is 0 Å². The molecule has 0 bridgehead atoms. The molecule has 0 unspecified atom stereocenters. The molecule has 3 nitrogen and oxygen atoms in total. The summed E-state index contributed by atoms with van der Waals surface area (Å²) in [6.07, 6.45) is 22.9. The summed E-state index contributed by atoms with van der Waals surface area (Å²) >= 11 is 0. The summed E-state index contributed by atoms with van der Waals surface area (Å²) in [6, 6.07) is 0. The molecule has 0 heterocycles. The average Bonchev–Trinajstić information content (AvgIpc) is 3.13. The maximum atomic E-state index is 11.7. The quantitative estimate of drug-likeness (QED) is 0.364. The fourth-order valence-electron chi connectivity index (χ4n) is 4.19. The molecule has 0 aliphatic heterocycles. The third-order valence-corrected chi connectivity index (χ3v) is 5.92. The highest BCUT2D eigenvalue weighted by atomic mass is 16.1. The van der Waals surface area contributed by atoms with E-state index in [9.17, 15) is 4.79 Å². The molecule has 1 rings (SSSR count). The van der Waals surface area contributed by atoms with Gasteiger partial charge in [0.2, 0.25) is 5.91 Å². The molecule has 1 fully saturated rings. The van der Waals surface area contributed by atoms with Crippen molar-refractivity contribution in [1.82, 2.24) is 5.32 Å². The van der Waals surface area contributed by atoms with E-state index in [4.69, 9.17) is 0 Å². The van der Waals surface area contributed by atoms with E-state index in [-0.39, 0.29) is 5.91 Å². The first-order valence-corrected chi connectivity index (χ1v) is 11.7. The molecule has 1 aliphatic carbocycles. The zero-order chi connectivity index (χ0) is 18.9. The molecule has 0 aromatic rings. The fraction of sp³-hybridized carbons (Fsp3) is 0.957. The van der Waals surface area contributed by atoms with Gasteiger partial charge in [-0.05, 0) is 12.3 Å². The Morgan fingerprint density at radius 2 is 1.35 bits per heavy atom. The first kappa shape index (κ1) is 23.5. The highest BCUT2D eigenvalue weighted by Crippen LogP contribution is 2.29. The Labute approximate surface area is 163 Å². The second-order valence-electron chi connectivity index (χ2n) is 8.89. The number of rotatable bonds is 17. The second kappa shape index (κ2) is 16.6. The molecule has 3 heteroatoms. The van der Waals surface area contributed by atoms with Gasteiger partial charge < -0.3 is 10.2 Å². The van der Waals surface area contributed by atoms with Crippen LogP contribution in [0, 0.1) is 5.92 Å². The van der Waals surface area contributed by atoms with Crippen molar-refractivity contribution in [3.8, 4) is 0 Å². The molecular weight excluding hydrogens is 320 g/mol. The number of carbonyl (C=O) groups excluding carboxylic acids is 1. The van der Waals surface area contributed by atoms with Crippen LogP contribution in [0.4, 0.5) is 0 Å². The van der Waals surface area contributed by atoms with E-state index in [1.54, 1.807) is 0 Å². The first-order chi connectivity index (χ1) is 12.7. The zero-order valence-corrected chi connectivity index (χ0v) is 17.9. The topological polar surface area (TPSA) is 33.5 Å². The van der Waals surface area contributed by atoms with Gasteiger partial charge in [-0.2, -0.15) is 0 Å². The lowest BCUT2D eigenvalue weighted by Gasteiger charge is -2.08. The summed E-state index contributed by atoms with van der Waals surface area (Å²) in [5.74, 6) is 1.33. The third kappa shape index (κ3) is 14.6. The lowest BCUT2D eigenvalue weighted by atomic mass is 9.99. The normalized spacial score (nSPS) is 15.0. The molecule has 0 radical (unpaired) electrons. The van der Waals surface area contributed by atoms with Crippen LogP contribution in [-0.2, 0) is 4.79 Å². The second-order valence-corrected chi connectivity index (χ2v) is 8.89. The molecule has 0 aromatic heterocycles. The molecule has 0 atom stereocenters. The van der Waals surface area contributed by atoms with Gasteiger partial charge in [-0.25, -0.2) is 0 Å². The lowest BCUT2D eigenvalue weighted by Crippen LogP contribution is -3.05. The van der Waals surface area contributed by atoms with E-state index < -0.39 is 0 Å². The van der Waals surface area contributed by atoms with E-state index in [1.807, 2.05) is 0 Å². The van der Waals surface area contributed by atoms with E-state index in [1.165, 1.54) is 94.8 Å². The Bertz CT molecular complexity index is 324. The third-order valence-electron chi connectivity index (χ3n) is 5.92. The molecular formula is C23H47N2O+. The molecule has 0 spiro atoms. The van der Waals surface area contributed by atoms with Crippen molar-refractivity contribution in [2.75, 3.05) is 27.2 Å². The Hall–Kier alpha value is -0.570. The molecule has 26 heavy (non-hydrogen) atoms. The molecule has 1 saturated carbocycles. The van der Waals surface area contributed by atoms with E-state index in [0.717, 1.165) is 38.3 Å². The molecule has 1 amide bonds. The Morgan fingerprint density at radius 3 is 1.92 bits per heavy atom. The molecule has 1 aliphatic rings. The van der Waals surface area contributed by atoms with Crippen molar-refractivity contribution in [3.63, 3.8) is 0 Å². The minimum absolute atomic E-state index is 0.247. The number of carbonyl (C=O) groups is 1. The summed E-state index contributed by atoms with van der Waals surface area (Å²) in [5, 5.41) is 3.04. The van der Waals surface area contributed by atoms with Crippen molar-refractivity contribution in [2.45, 2.75) is 109 Å². The SMILES string of the molecule is C[NH+](C)CCCNC(=O)CCCCCCCCCCCCC1CCCC1. The number of hydrogen-bond acceptors (Lipinski definition) is 1. The van der Waals surface area contributed by atoms with Crippen molar-refractivity contribution in [1.29, 1.82) is 0 Å². The minimum atomic E-state index is 0.247. The van der Waals surface area contributed by atoms with Gasteiger partial charge in [-0.1, -0.05) is 89.9 Å². The smallest absolute Gasteiger partial charge is 0.219 e. The Kier molecular flexibility index (Phi) is 15.0. The van der Waals surface area contributed by atoms with Gasteiger partial charge in [0.1, 0.15) is 0 Å². The van der Waals surface area contributed by atoms with Crippen molar-refractivity contribution < 1.29 is 9.69 Å². The average molecular weight is 368 g/mol. The van der Waals surface area contributed by atoms with Crippen molar-refractivity contribution in [3.05, 3.63) is 0 Å². The van der Waals surface area contributed by atoms with Gasteiger partial charge in [0.25, 0.3) is 0 Å². The van der Waals surface area contributed by atoms with Crippen LogP contribution in [0.2, 0.25) is 0 Å². The van der Waals surface area contributed by atoms with Crippen LogP contribution in [0.3, 0.4) is 0 Å². The highest BCUT2D eigenvalue weighted by Gasteiger charge is 2.13. The van der Waals surface area contributed by atoms with Gasteiger partial charge in [-0.3, -0.25) is 4.79 Å². The van der Waals surface area contributed by atoms with Gasteiger partial charge in [0.05, 0.1) is 20.6 Å². The number of nitrogens with one attached hydrogen (secondary N) is 2. The van der Waals surface area contributed by atoms with Crippen LogP contribution in [-0.4, -0.2) is 33.1 Å². The van der Waals surface area contributed by atoms with Crippen LogP contribution >= 0.6 is 0 Å². The fourth-order valence-corrected chi connectivity index (χ4v) is 4.19. The molecule has 0 saturated heterocycles. The lowest BCUT2D eigenvalue weighted by molar-refractivity contribution is -0.858. The number of unbranched alkanes of at least 4 members (excludes halogenated alkanes) is 9. The van der Waals surface area contributed by atoms with Crippen LogP contribution in [0.15, 0.2) is 0 Å². The maximum absolute atomic E-state index is 11.7. The summed E-state index contributed by atoms with van der Waals surface area (Å²) in [7, 11) is 4.30. The monoisotopic (exact) mass is 367 g/mol. The number of amides is 1. The largest absolute Gasteiger partial charge is 0.356 e. The molecule has 154 valence electrons. The van der Waals surface area contributed by atoms with Crippen LogP contribution in [0.5, 0.6) is 0 Å². The maximum Gasteiger partial charge on any atom is 0.219 e. The molecule has 0 aromatic carbocycles. The Balaban J connectivity index is 1.71. The highest BCUT2D eigenvalue weighted by molar-refractivity contribution is 5.75. The summed E-state index contributed by atoms with van der Waals surface area (Å²) in [6.45, 7) is 1.96. The molecule has 2 N–H and O–H groups in total.